The number of guanidine groups is 1. The number of rotatable bonds is 9. The molecule has 0 radical (unpaired) electrons. The second-order valence-corrected chi connectivity index (χ2v) is 7.37. The Bertz CT molecular complexity index is 610. The van der Waals surface area contributed by atoms with E-state index in [1.54, 1.807) is 19.2 Å². The Morgan fingerprint density at radius 2 is 2.03 bits per heavy atom. The monoisotopic (exact) mass is 522 g/mol. The van der Waals surface area contributed by atoms with Crippen LogP contribution in [-0.4, -0.2) is 83.0 Å². The molecule has 2 rings (SSSR count). The molecule has 8 heteroatoms. The number of halogens is 2. The highest BCUT2D eigenvalue weighted by Gasteiger charge is 2.23. The molecule has 1 fully saturated rings. The van der Waals surface area contributed by atoms with Gasteiger partial charge in [0.15, 0.2) is 5.96 Å². The molecule has 1 saturated heterocycles. The number of hydrogen-bond donors (Lipinski definition) is 1. The zero-order valence-electron chi connectivity index (χ0n) is 18.1. The van der Waals surface area contributed by atoms with E-state index in [-0.39, 0.29) is 35.8 Å². The molecule has 0 saturated carbocycles. The molecule has 0 aromatic heterocycles. The van der Waals surface area contributed by atoms with Crippen molar-refractivity contribution >= 4 is 29.9 Å². The Morgan fingerprint density at radius 3 is 2.62 bits per heavy atom. The molecule has 166 valence electrons. The third-order valence-electron chi connectivity index (χ3n) is 5.11. The Balaban J connectivity index is 0.00000420. The number of methoxy groups -OCH3 is 1. The molecule has 1 N–H and O–H groups in total. The summed E-state index contributed by atoms with van der Waals surface area (Å²) < 4.78 is 24.6. The minimum atomic E-state index is -0.207. The highest BCUT2D eigenvalue weighted by Crippen LogP contribution is 2.19. The van der Waals surface area contributed by atoms with Crippen LogP contribution in [0.3, 0.4) is 0 Å². The van der Waals surface area contributed by atoms with Crippen molar-refractivity contribution in [2.45, 2.75) is 31.4 Å². The molecular weight excluding hydrogens is 486 g/mol. The van der Waals surface area contributed by atoms with Gasteiger partial charge >= 0.3 is 0 Å². The van der Waals surface area contributed by atoms with E-state index in [2.05, 4.69) is 20.1 Å². The topological polar surface area (TPSA) is 49.3 Å². The summed E-state index contributed by atoms with van der Waals surface area (Å²) in [7, 11) is 7.54. The molecule has 1 atom stereocenters. The third-order valence-corrected chi connectivity index (χ3v) is 5.11. The van der Waals surface area contributed by atoms with Crippen LogP contribution in [0.5, 0.6) is 0 Å². The van der Waals surface area contributed by atoms with Crippen molar-refractivity contribution in [1.82, 2.24) is 15.1 Å². The first-order valence-electron chi connectivity index (χ1n) is 10.0. The van der Waals surface area contributed by atoms with E-state index in [1.165, 1.54) is 6.07 Å². The molecular formula is C21H36FIN4O2. The van der Waals surface area contributed by atoms with Gasteiger partial charge in [0, 0.05) is 47.0 Å². The summed E-state index contributed by atoms with van der Waals surface area (Å²) in [6, 6.07) is 6.86. The number of likely N-dealkylation sites (tertiary alicyclic amines) is 1. The summed E-state index contributed by atoms with van der Waals surface area (Å²) >= 11 is 0. The van der Waals surface area contributed by atoms with Gasteiger partial charge in [0.05, 0.1) is 12.1 Å². The molecule has 0 spiro atoms. The van der Waals surface area contributed by atoms with Crippen LogP contribution in [-0.2, 0) is 9.47 Å². The molecule has 6 nitrogen and oxygen atoms in total. The van der Waals surface area contributed by atoms with E-state index in [0.717, 1.165) is 57.1 Å². The zero-order chi connectivity index (χ0) is 20.4. The fraction of sp³-hybridized carbons (Fsp3) is 0.667. The predicted octanol–water partition coefficient (Wildman–Crippen LogP) is 3.14. The van der Waals surface area contributed by atoms with Crippen molar-refractivity contribution < 1.29 is 13.9 Å². The van der Waals surface area contributed by atoms with Crippen molar-refractivity contribution in [3.63, 3.8) is 0 Å². The molecule has 0 bridgehead atoms. The van der Waals surface area contributed by atoms with Crippen LogP contribution in [0.4, 0.5) is 4.39 Å². The predicted molar refractivity (Wildman–Crippen MR) is 127 cm³/mol. The smallest absolute Gasteiger partial charge is 0.193 e. The molecule has 0 aliphatic carbocycles. The number of likely N-dealkylation sites (N-methyl/N-ethyl adjacent to an activating group) is 1. The number of nitrogens with zero attached hydrogens (tertiary/aromatic N) is 3. The third kappa shape index (κ3) is 8.74. The van der Waals surface area contributed by atoms with Gasteiger partial charge in [-0.25, -0.2) is 4.39 Å². The zero-order valence-corrected chi connectivity index (χ0v) is 20.4. The SMILES string of the molecule is CN=C(NCC(c1cccc(F)c1)N(C)C)N1CCC(OCCCOC)CC1.I. The first kappa shape index (κ1) is 26.1. The van der Waals surface area contributed by atoms with Gasteiger partial charge in [-0.15, -0.1) is 24.0 Å². The van der Waals surface area contributed by atoms with E-state index < -0.39 is 0 Å². The van der Waals surface area contributed by atoms with E-state index in [0.29, 0.717) is 12.6 Å². The van der Waals surface area contributed by atoms with E-state index >= 15 is 0 Å². The van der Waals surface area contributed by atoms with Crippen molar-refractivity contribution in [3.8, 4) is 0 Å². The maximum absolute atomic E-state index is 13.6. The van der Waals surface area contributed by atoms with Crippen molar-refractivity contribution in [2.75, 3.05) is 61.1 Å². The quantitative estimate of drug-likeness (QED) is 0.234. The lowest BCUT2D eigenvalue weighted by Gasteiger charge is -2.35. The number of aliphatic imine (C=N–C) groups is 1. The van der Waals surface area contributed by atoms with Crippen LogP contribution >= 0.6 is 24.0 Å². The van der Waals surface area contributed by atoms with Gasteiger partial charge in [0.25, 0.3) is 0 Å². The normalized spacial score (nSPS) is 16.6. The van der Waals surface area contributed by atoms with Crippen LogP contribution in [0, 0.1) is 5.82 Å². The standard InChI is InChI=1S/C21H35FN4O2.HI/c1-23-21(26-11-9-19(10-12-26)28-14-6-13-27-4)24-16-20(25(2)3)17-7-5-8-18(22)15-17;/h5,7-8,15,19-20H,6,9-14,16H2,1-4H3,(H,23,24);1H. The summed E-state index contributed by atoms with van der Waals surface area (Å²) in [5.74, 6) is 0.683. The van der Waals surface area contributed by atoms with E-state index in [1.807, 2.05) is 27.2 Å². The van der Waals surface area contributed by atoms with Crippen molar-refractivity contribution in [2.24, 2.45) is 4.99 Å². The molecule has 1 aromatic carbocycles. The number of ether oxygens (including phenoxy) is 2. The van der Waals surface area contributed by atoms with Gasteiger partial charge < -0.3 is 24.6 Å². The van der Waals surface area contributed by atoms with E-state index in [4.69, 9.17) is 9.47 Å². The number of hydrogen-bond acceptors (Lipinski definition) is 4. The highest BCUT2D eigenvalue weighted by atomic mass is 127. The molecule has 1 aromatic rings. The highest BCUT2D eigenvalue weighted by molar-refractivity contribution is 14.0. The molecule has 29 heavy (non-hydrogen) atoms. The summed E-state index contributed by atoms with van der Waals surface area (Å²) in [6.45, 7) is 4.00. The lowest BCUT2D eigenvalue weighted by atomic mass is 10.1. The second kappa shape index (κ2) is 14.1. The maximum Gasteiger partial charge on any atom is 0.193 e. The average molecular weight is 522 g/mol. The molecule has 1 heterocycles. The molecule has 1 aliphatic rings. The Hall–Kier alpha value is -0.970. The van der Waals surface area contributed by atoms with Gasteiger partial charge in [-0.3, -0.25) is 4.99 Å². The Morgan fingerprint density at radius 1 is 1.31 bits per heavy atom. The Kier molecular flexibility index (Phi) is 12.7. The van der Waals surface area contributed by atoms with Crippen LogP contribution in [0.1, 0.15) is 30.9 Å². The second-order valence-electron chi connectivity index (χ2n) is 7.37. The summed E-state index contributed by atoms with van der Waals surface area (Å²) in [5, 5.41) is 3.47. The first-order chi connectivity index (χ1) is 13.5. The summed E-state index contributed by atoms with van der Waals surface area (Å²) in [4.78, 5) is 8.81. The number of benzene rings is 1. The lowest BCUT2D eigenvalue weighted by molar-refractivity contribution is 0.00987. The lowest BCUT2D eigenvalue weighted by Crippen LogP contribution is -2.48. The Labute approximate surface area is 191 Å². The van der Waals surface area contributed by atoms with Gasteiger partial charge in [0.2, 0.25) is 0 Å². The van der Waals surface area contributed by atoms with Crippen molar-refractivity contribution in [1.29, 1.82) is 0 Å². The minimum absolute atomic E-state index is 0. The fourth-order valence-corrected chi connectivity index (χ4v) is 3.52. The van der Waals surface area contributed by atoms with Crippen LogP contribution in [0.25, 0.3) is 0 Å². The molecule has 0 amide bonds. The minimum Gasteiger partial charge on any atom is -0.385 e. The summed E-state index contributed by atoms with van der Waals surface area (Å²) in [6.07, 6.45) is 3.24. The first-order valence-corrected chi connectivity index (χ1v) is 10.0. The molecule has 1 unspecified atom stereocenters. The maximum atomic E-state index is 13.6. The van der Waals surface area contributed by atoms with Crippen LogP contribution in [0.15, 0.2) is 29.3 Å². The molecule has 1 aliphatic heterocycles. The van der Waals surface area contributed by atoms with Gasteiger partial charge in [-0.2, -0.15) is 0 Å². The average Bonchev–Trinajstić information content (AvgIpc) is 2.69. The largest absolute Gasteiger partial charge is 0.385 e. The van der Waals surface area contributed by atoms with Crippen LogP contribution < -0.4 is 5.32 Å². The van der Waals surface area contributed by atoms with Crippen molar-refractivity contribution in [3.05, 3.63) is 35.6 Å². The van der Waals surface area contributed by atoms with Gasteiger partial charge in [-0.05, 0) is 51.1 Å². The van der Waals surface area contributed by atoms with E-state index in [9.17, 15) is 4.39 Å². The number of piperidine rings is 1. The van der Waals surface area contributed by atoms with Gasteiger partial charge in [0.1, 0.15) is 5.82 Å². The van der Waals surface area contributed by atoms with Crippen LogP contribution in [0.2, 0.25) is 0 Å². The van der Waals surface area contributed by atoms with Gasteiger partial charge in [-0.1, -0.05) is 12.1 Å². The number of nitrogens with one attached hydrogen (secondary N) is 1. The fourth-order valence-electron chi connectivity index (χ4n) is 3.52. The summed E-state index contributed by atoms with van der Waals surface area (Å²) in [5.41, 5.74) is 0.955.